The minimum atomic E-state index is -0.311. The quantitative estimate of drug-likeness (QED) is 0.613. The molecule has 106 valence electrons. The van der Waals surface area contributed by atoms with Gasteiger partial charge in [0.1, 0.15) is 0 Å². The van der Waals surface area contributed by atoms with Gasteiger partial charge in [-0.2, -0.15) is 0 Å². The third-order valence-electron chi connectivity index (χ3n) is 3.01. The summed E-state index contributed by atoms with van der Waals surface area (Å²) in [5.41, 5.74) is 0.834. The molecular formula is C14H11BrCl2O2S. The van der Waals surface area contributed by atoms with E-state index in [9.17, 15) is 0 Å². The maximum absolute atomic E-state index is 6.57. The van der Waals surface area contributed by atoms with E-state index < -0.39 is 0 Å². The van der Waals surface area contributed by atoms with Crippen LogP contribution in [0.5, 0.6) is 11.5 Å². The van der Waals surface area contributed by atoms with E-state index in [-0.39, 0.29) is 5.38 Å². The van der Waals surface area contributed by atoms with E-state index in [0.717, 1.165) is 21.3 Å². The first-order valence-corrected chi connectivity index (χ1v) is 8.61. The van der Waals surface area contributed by atoms with Gasteiger partial charge in [-0.1, -0.05) is 11.6 Å². The molecule has 0 radical (unpaired) electrons. The van der Waals surface area contributed by atoms with Gasteiger partial charge in [-0.25, -0.2) is 0 Å². The highest BCUT2D eigenvalue weighted by atomic mass is 79.9. The Hall–Kier alpha value is -0.420. The molecule has 2 heterocycles. The SMILES string of the molecule is Clc1cc2c(cc1C(Cl)c1sccc1Br)OCCCO2. The molecule has 6 heteroatoms. The zero-order chi connectivity index (χ0) is 14.1. The van der Waals surface area contributed by atoms with E-state index in [1.807, 2.05) is 17.5 Å². The predicted octanol–water partition coefficient (Wildman–Crippen LogP) is 5.65. The predicted molar refractivity (Wildman–Crippen MR) is 86.8 cm³/mol. The lowest BCUT2D eigenvalue weighted by atomic mass is 10.1. The van der Waals surface area contributed by atoms with Crippen LogP contribution in [-0.4, -0.2) is 13.2 Å². The van der Waals surface area contributed by atoms with Gasteiger partial charge in [0.15, 0.2) is 11.5 Å². The van der Waals surface area contributed by atoms with Crippen LogP contribution in [0.2, 0.25) is 5.02 Å². The van der Waals surface area contributed by atoms with Gasteiger partial charge in [-0.15, -0.1) is 22.9 Å². The Bertz CT molecular complexity index is 630. The minimum Gasteiger partial charge on any atom is -0.490 e. The molecule has 2 nitrogen and oxygen atoms in total. The lowest BCUT2D eigenvalue weighted by Crippen LogP contribution is -1.97. The fourth-order valence-corrected chi connectivity index (χ4v) is 4.52. The lowest BCUT2D eigenvalue weighted by molar-refractivity contribution is 0.297. The van der Waals surface area contributed by atoms with Crippen molar-refractivity contribution in [1.82, 2.24) is 0 Å². The van der Waals surface area contributed by atoms with Crippen molar-refractivity contribution in [3.05, 3.63) is 43.5 Å². The zero-order valence-electron chi connectivity index (χ0n) is 10.4. The van der Waals surface area contributed by atoms with Crippen molar-refractivity contribution in [2.45, 2.75) is 11.8 Å². The maximum atomic E-state index is 6.57. The van der Waals surface area contributed by atoms with Crippen molar-refractivity contribution in [2.75, 3.05) is 13.2 Å². The molecule has 0 bridgehead atoms. The number of halogens is 3. The van der Waals surface area contributed by atoms with Crippen molar-refractivity contribution in [1.29, 1.82) is 0 Å². The highest BCUT2D eigenvalue weighted by molar-refractivity contribution is 9.10. The van der Waals surface area contributed by atoms with E-state index in [0.29, 0.717) is 29.7 Å². The Morgan fingerprint density at radius 3 is 2.55 bits per heavy atom. The summed E-state index contributed by atoms with van der Waals surface area (Å²) < 4.78 is 12.3. The fourth-order valence-electron chi connectivity index (χ4n) is 2.02. The van der Waals surface area contributed by atoms with Gasteiger partial charge in [-0.3, -0.25) is 0 Å². The van der Waals surface area contributed by atoms with Crippen LogP contribution in [0.25, 0.3) is 0 Å². The van der Waals surface area contributed by atoms with Crippen molar-refractivity contribution in [3.63, 3.8) is 0 Å². The molecule has 0 aliphatic carbocycles. The van der Waals surface area contributed by atoms with Crippen molar-refractivity contribution < 1.29 is 9.47 Å². The van der Waals surface area contributed by atoms with Crippen LogP contribution in [0, 0.1) is 0 Å². The van der Waals surface area contributed by atoms with Crippen LogP contribution >= 0.6 is 50.5 Å². The Labute approximate surface area is 139 Å². The standard InChI is InChI=1S/C14H11BrCl2O2S/c15-9-2-5-20-14(9)13(17)8-6-11-12(7-10(8)16)19-4-1-3-18-11/h2,5-7,13H,1,3-4H2. The molecule has 0 saturated carbocycles. The molecule has 20 heavy (non-hydrogen) atoms. The van der Waals surface area contributed by atoms with Crippen molar-refractivity contribution in [2.24, 2.45) is 0 Å². The molecular weight excluding hydrogens is 383 g/mol. The van der Waals surface area contributed by atoms with E-state index in [2.05, 4.69) is 15.9 Å². The number of benzene rings is 1. The second-order valence-electron chi connectivity index (χ2n) is 4.37. The molecule has 1 aliphatic heterocycles. The molecule has 1 aromatic carbocycles. The first kappa shape index (κ1) is 14.5. The van der Waals surface area contributed by atoms with Crippen LogP contribution in [0.15, 0.2) is 28.1 Å². The molecule has 3 rings (SSSR count). The topological polar surface area (TPSA) is 18.5 Å². The number of rotatable bonds is 2. The number of alkyl halides is 1. The number of thiophene rings is 1. The third kappa shape index (κ3) is 2.80. The van der Waals surface area contributed by atoms with Crippen LogP contribution < -0.4 is 9.47 Å². The van der Waals surface area contributed by atoms with Crippen LogP contribution in [-0.2, 0) is 0 Å². The van der Waals surface area contributed by atoms with E-state index in [1.165, 1.54) is 0 Å². The highest BCUT2D eigenvalue weighted by Gasteiger charge is 2.22. The Morgan fingerprint density at radius 2 is 1.90 bits per heavy atom. The molecule has 1 atom stereocenters. The molecule has 1 aromatic heterocycles. The number of hydrogen-bond acceptors (Lipinski definition) is 3. The first-order valence-electron chi connectivity index (χ1n) is 6.13. The molecule has 1 unspecified atom stereocenters. The van der Waals surface area contributed by atoms with Gasteiger partial charge < -0.3 is 9.47 Å². The molecule has 1 aliphatic rings. The third-order valence-corrected chi connectivity index (χ3v) is 5.86. The minimum absolute atomic E-state index is 0.311. The summed E-state index contributed by atoms with van der Waals surface area (Å²) in [5.74, 6) is 1.39. The first-order chi connectivity index (χ1) is 9.66. The summed E-state index contributed by atoms with van der Waals surface area (Å²) in [5, 5.41) is 2.27. The second-order valence-corrected chi connectivity index (χ2v) is 7.01. The van der Waals surface area contributed by atoms with Crippen molar-refractivity contribution in [3.8, 4) is 11.5 Å². The number of ether oxygens (including phenoxy) is 2. The summed E-state index contributed by atoms with van der Waals surface area (Å²) in [6.45, 7) is 1.28. The molecule has 2 aromatic rings. The van der Waals surface area contributed by atoms with E-state index in [4.69, 9.17) is 32.7 Å². The monoisotopic (exact) mass is 392 g/mol. The highest BCUT2D eigenvalue weighted by Crippen LogP contribution is 2.44. The van der Waals surface area contributed by atoms with E-state index >= 15 is 0 Å². The van der Waals surface area contributed by atoms with Gasteiger partial charge in [0.2, 0.25) is 0 Å². The van der Waals surface area contributed by atoms with Crippen LogP contribution in [0.4, 0.5) is 0 Å². The number of hydrogen-bond donors (Lipinski definition) is 0. The number of fused-ring (bicyclic) bond motifs is 1. The summed E-state index contributed by atoms with van der Waals surface area (Å²) in [4.78, 5) is 1.03. The largest absolute Gasteiger partial charge is 0.490 e. The van der Waals surface area contributed by atoms with Gasteiger partial charge in [-0.05, 0) is 39.0 Å². The summed E-state index contributed by atoms with van der Waals surface area (Å²) >= 11 is 18.0. The van der Waals surface area contributed by atoms with Crippen molar-refractivity contribution >= 4 is 50.5 Å². The summed E-state index contributed by atoms with van der Waals surface area (Å²) in [6, 6.07) is 5.65. The Morgan fingerprint density at radius 1 is 1.20 bits per heavy atom. The average Bonchev–Trinajstić information content (AvgIpc) is 2.72. The molecule has 0 N–H and O–H groups in total. The zero-order valence-corrected chi connectivity index (χ0v) is 14.3. The second kappa shape index (κ2) is 6.14. The van der Waals surface area contributed by atoms with E-state index in [1.54, 1.807) is 17.4 Å². The van der Waals surface area contributed by atoms with Gasteiger partial charge >= 0.3 is 0 Å². The van der Waals surface area contributed by atoms with Gasteiger partial charge in [0, 0.05) is 26.9 Å². The summed E-state index contributed by atoms with van der Waals surface area (Å²) in [7, 11) is 0. The maximum Gasteiger partial charge on any atom is 0.162 e. The average molecular weight is 394 g/mol. The Kier molecular flexibility index (Phi) is 4.46. The molecule has 0 fully saturated rings. The van der Waals surface area contributed by atoms with Gasteiger partial charge in [0.05, 0.1) is 18.6 Å². The smallest absolute Gasteiger partial charge is 0.162 e. The van der Waals surface area contributed by atoms with Crippen LogP contribution in [0.3, 0.4) is 0 Å². The Balaban J connectivity index is 2.01. The summed E-state index contributed by atoms with van der Waals surface area (Å²) in [6.07, 6.45) is 0.864. The normalized spacial score (nSPS) is 15.8. The molecule has 0 saturated heterocycles. The van der Waals surface area contributed by atoms with Crippen LogP contribution in [0.1, 0.15) is 22.2 Å². The lowest BCUT2D eigenvalue weighted by Gasteiger charge is -2.15. The van der Waals surface area contributed by atoms with Gasteiger partial charge in [0.25, 0.3) is 0 Å². The molecule has 0 amide bonds. The fraction of sp³-hybridized carbons (Fsp3) is 0.286. The molecule has 0 spiro atoms.